The van der Waals surface area contributed by atoms with Crippen LogP contribution in [-0.2, 0) is 9.53 Å². The maximum atomic E-state index is 11.8. The molecule has 4 nitrogen and oxygen atoms in total. The van der Waals surface area contributed by atoms with Crippen molar-refractivity contribution in [3.8, 4) is 0 Å². The Kier molecular flexibility index (Phi) is 5.22. The van der Waals surface area contributed by atoms with Crippen LogP contribution in [0.5, 0.6) is 0 Å². The van der Waals surface area contributed by atoms with Gasteiger partial charge in [-0.1, -0.05) is 0 Å². The first-order valence-corrected chi connectivity index (χ1v) is 6.12. The zero-order chi connectivity index (χ0) is 12.1. The Hall–Kier alpha value is -0.610. The SMILES string of the molecule is CC(C)OCCN(C)C(=O)CC(N)C1CC1. The Balaban J connectivity index is 2.14. The maximum absolute atomic E-state index is 11.8. The van der Waals surface area contributed by atoms with Gasteiger partial charge in [0.2, 0.25) is 5.91 Å². The molecule has 16 heavy (non-hydrogen) atoms. The van der Waals surface area contributed by atoms with Gasteiger partial charge in [0.05, 0.1) is 12.7 Å². The third-order valence-electron chi connectivity index (χ3n) is 2.94. The van der Waals surface area contributed by atoms with Crippen LogP contribution in [0.15, 0.2) is 0 Å². The van der Waals surface area contributed by atoms with Gasteiger partial charge in [-0.3, -0.25) is 4.79 Å². The van der Waals surface area contributed by atoms with E-state index >= 15 is 0 Å². The fourth-order valence-electron chi connectivity index (χ4n) is 1.60. The summed E-state index contributed by atoms with van der Waals surface area (Å²) in [5.74, 6) is 0.719. The van der Waals surface area contributed by atoms with Crippen LogP contribution >= 0.6 is 0 Å². The molecule has 4 heteroatoms. The zero-order valence-electron chi connectivity index (χ0n) is 10.6. The van der Waals surface area contributed by atoms with Crippen molar-refractivity contribution in [2.24, 2.45) is 11.7 Å². The first kappa shape index (κ1) is 13.5. The molecular formula is C12H24N2O2. The average molecular weight is 228 g/mol. The Morgan fingerprint density at radius 3 is 2.62 bits per heavy atom. The molecule has 0 aliphatic heterocycles. The number of carbonyl (C=O) groups excluding carboxylic acids is 1. The zero-order valence-corrected chi connectivity index (χ0v) is 10.6. The van der Waals surface area contributed by atoms with Crippen LogP contribution < -0.4 is 5.73 Å². The smallest absolute Gasteiger partial charge is 0.223 e. The molecule has 0 aromatic heterocycles. The number of likely N-dealkylation sites (N-methyl/N-ethyl adjacent to an activating group) is 1. The second-order valence-electron chi connectivity index (χ2n) is 4.94. The van der Waals surface area contributed by atoms with Gasteiger partial charge in [0.15, 0.2) is 0 Å². The summed E-state index contributed by atoms with van der Waals surface area (Å²) in [6.45, 7) is 5.22. The van der Waals surface area contributed by atoms with Gasteiger partial charge in [-0.15, -0.1) is 0 Å². The summed E-state index contributed by atoms with van der Waals surface area (Å²) < 4.78 is 5.40. The summed E-state index contributed by atoms with van der Waals surface area (Å²) in [5.41, 5.74) is 5.92. The van der Waals surface area contributed by atoms with Crippen LogP contribution in [0.2, 0.25) is 0 Å². The maximum Gasteiger partial charge on any atom is 0.223 e. The van der Waals surface area contributed by atoms with E-state index in [1.165, 1.54) is 12.8 Å². The van der Waals surface area contributed by atoms with Crippen LogP contribution in [-0.4, -0.2) is 43.2 Å². The highest BCUT2D eigenvalue weighted by Crippen LogP contribution is 2.32. The van der Waals surface area contributed by atoms with Gasteiger partial charge in [0, 0.05) is 26.1 Å². The summed E-state index contributed by atoms with van der Waals surface area (Å²) in [7, 11) is 1.81. The van der Waals surface area contributed by atoms with Crippen LogP contribution in [0.1, 0.15) is 33.1 Å². The lowest BCUT2D eigenvalue weighted by atomic mass is 10.1. The molecule has 1 aliphatic carbocycles. The summed E-state index contributed by atoms with van der Waals surface area (Å²) >= 11 is 0. The molecule has 1 fully saturated rings. The Bertz CT molecular complexity index is 227. The highest BCUT2D eigenvalue weighted by molar-refractivity contribution is 5.76. The van der Waals surface area contributed by atoms with Crippen molar-refractivity contribution in [3.05, 3.63) is 0 Å². The standard InChI is InChI=1S/C12H24N2O2/c1-9(2)16-7-6-14(3)12(15)8-11(13)10-4-5-10/h9-11H,4-8,13H2,1-3H3. The van der Waals surface area contributed by atoms with Gasteiger partial charge in [-0.05, 0) is 32.6 Å². The van der Waals surface area contributed by atoms with E-state index < -0.39 is 0 Å². The second kappa shape index (κ2) is 6.21. The molecule has 1 rings (SSSR count). The van der Waals surface area contributed by atoms with Gasteiger partial charge in [0.25, 0.3) is 0 Å². The lowest BCUT2D eigenvalue weighted by Crippen LogP contribution is -2.36. The normalized spacial score (nSPS) is 17.6. The molecule has 0 saturated heterocycles. The van der Waals surface area contributed by atoms with Crippen LogP contribution in [0.3, 0.4) is 0 Å². The molecule has 1 saturated carbocycles. The average Bonchev–Trinajstić information content (AvgIpc) is 2.99. The third-order valence-corrected chi connectivity index (χ3v) is 2.94. The highest BCUT2D eigenvalue weighted by Gasteiger charge is 2.30. The van der Waals surface area contributed by atoms with E-state index in [1.807, 2.05) is 20.9 Å². The number of nitrogens with two attached hydrogens (primary N) is 1. The molecular weight excluding hydrogens is 204 g/mol. The van der Waals surface area contributed by atoms with Crippen molar-refractivity contribution >= 4 is 5.91 Å². The van der Waals surface area contributed by atoms with Gasteiger partial charge in [0.1, 0.15) is 0 Å². The Morgan fingerprint density at radius 1 is 1.50 bits per heavy atom. The van der Waals surface area contributed by atoms with Crippen molar-refractivity contribution in [1.82, 2.24) is 4.90 Å². The van der Waals surface area contributed by atoms with Crippen molar-refractivity contribution in [1.29, 1.82) is 0 Å². The van der Waals surface area contributed by atoms with E-state index in [4.69, 9.17) is 10.5 Å². The number of rotatable bonds is 7. The molecule has 0 radical (unpaired) electrons. The Morgan fingerprint density at radius 2 is 2.12 bits per heavy atom. The van der Waals surface area contributed by atoms with E-state index in [-0.39, 0.29) is 18.1 Å². The third kappa shape index (κ3) is 4.94. The van der Waals surface area contributed by atoms with Gasteiger partial charge in [-0.25, -0.2) is 0 Å². The van der Waals surface area contributed by atoms with E-state index in [2.05, 4.69) is 0 Å². The molecule has 0 spiro atoms. The molecule has 2 N–H and O–H groups in total. The number of carbonyl (C=O) groups is 1. The molecule has 0 bridgehead atoms. The van der Waals surface area contributed by atoms with Crippen LogP contribution in [0, 0.1) is 5.92 Å². The molecule has 0 aromatic rings. The summed E-state index contributed by atoms with van der Waals surface area (Å²) in [5, 5.41) is 0. The van der Waals surface area contributed by atoms with E-state index in [9.17, 15) is 4.79 Å². The molecule has 0 heterocycles. The van der Waals surface area contributed by atoms with Crippen molar-refractivity contribution in [2.45, 2.75) is 45.3 Å². The number of hydrogen-bond acceptors (Lipinski definition) is 3. The molecule has 1 unspecified atom stereocenters. The predicted molar refractivity (Wildman–Crippen MR) is 64.0 cm³/mol. The van der Waals surface area contributed by atoms with Crippen LogP contribution in [0.4, 0.5) is 0 Å². The lowest BCUT2D eigenvalue weighted by molar-refractivity contribution is -0.131. The van der Waals surface area contributed by atoms with E-state index in [0.717, 1.165) is 0 Å². The quantitative estimate of drug-likeness (QED) is 0.707. The van der Waals surface area contributed by atoms with Crippen LogP contribution in [0.25, 0.3) is 0 Å². The first-order valence-electron chi connectivity index (χ1n) is 6.12. The molecule has 1 atom stereocenters. The minimum atomic E-state index is 0.0565. The number of amides is 1. The molecule has 0 aromatic carbocycles. The minimum Gasteiger partial charge on any atom is -0.377 e. The van der Waals surface area contributed by atoms with E-state index in [1.54, 1.807) is 4.90 Å². The van der Waals surface area contributed by atoms with Crippen molar-refractivity contribution in [3.63, 3.8) is 0 Å². The molecule has 94 valence electrons. The Labute approximate surface area is 98.1 Å². The summed E-state index contributed by atoms with van der Waals surface area (Å²) in [6, 6.07) is 0.0565. The number of hydrogen-bond donors (Lipinski definition) is 1. The topological polar surface area (TPSA) is 55.6 Å². The van der Waals surface area contributed by atoms with Gasteiger partial charge in [-0.2, -0.15) is 0 Å². The fourth-order valence-corrected chi connectivity index (χ4v) is 1.60. The number of nitrogens with zero attached hydrogens (tertiary/aromatic N) is 1. The summed E-state index contributed by atoms with van der Waals surface area (Å²) in [4.78, 5) is 13.5. The second-order valence-corrected chi connectivity index (χ2v) is 4.94. The lowest BCUT2D eigenvalue weighted by Gasteiger charge is -2.20. The largest absolute Gasteiger partial charge is 0.377 e. The van der Waals surface area contributed by atoms with Gasteiger partial charge >= 0.3 is 0 Å². The van der Waals surface area contributed by atoms with Gasteiger partial charge < -0.3 is 15.4 Å². The monoisotopic (exact) mass is 228 g/mol. The minimum absolute atomic E-state index is 0.0565. The fraction of sp³-hybridized carbons (Fsp3) is 0.917. The molecule has 1 aliphatic rings. The first-order chi connectivity index (χ1) is 7.50. The number of ether oxygens (including phenoxy) is 1. The molecule has 1 amide bonds. The summed E-state index contributed by atoms with van der Waals surface area (Å²) in [6.07, 6.45) is 3.07. The highest BCUT2D eigenvalue weighted by atomic mass is 16.5. The predicted octanol–water partition coefficient (Wildman–Crippen LogP) is 0.997. The van der Waals surface area contributed by atoms with Crippen molar-refractivity contribution < 1.29 is 9.53 Å². The van der Waals surface area contributed by atoms with Crippen molar-refractivity contribution in [2.75, 3.05) is 20.2 Å². The van der Waals surface area contributed by atoms with E-state index in [0.29, 0.717) is 25.5 Å².